The highest BCUT2D eigenvalue weighted by molar-refractivity contribution is 5.93. The maximum atomic E-state index is 13.3. The lowest BCUT2D eigenvalue weighted by Crippen LogP contribution is -2.45. The number of carbonyl (C=O) groups is 1. The zero-order valence-corrected chi connectivity index (χ0v) is 15.1. The van der Waals surface area contributed by atoms with Gasteiger partial charge in [-0.15, -0.1) is 0 Å². The average molecular weight is 318 g/mol. The second-order valence-electron chi connectivity index (χ2n) is 7.65. The second kappa shape index (κ2) is 6.62. The minimum absolute atomic E-state index is 0.00355. The van der Waals surface area contributed by atoms with E-state index >= 15 is 0 Å². The Labute approximate surface area is 140 Å². The van der Waals surface area contributed by atoms with Crippen molar-refractivity contribution in [3.63, 3.8) is 0 Å². The maximum absolute atomic E-state index is 13.3. The molecule has 1 aromatic carbocycles. The summed E-state index contributed by atoms with van der Waals surface area (Å²) in [5, 5.41) is 9.37. The molecule has 0 unspecified atom stereocenters. The summed E-state index contributed by atoms with van der Waals surface area (Å²) < 4.78 is 0. The number of amides is 1. The smallest absolute Gasteiger partial charge is 0.233 e. The van der Waals surface area contributed by atoms with Gasteiger partial charge in [-0.3, -0.25) is 4.79 Å². The Balaban J connectivity index is 2.29. The Morgan fingerprint density at radius 1 is 1.13 bits per heavy atom. The molecular formula is C19H30N2O2. The average Bonchev–Trinajstić information content (AvgIpc) is 3.07. The van der Waals surface area contributed by atoms with Crippen molar-refractivity contribution in [2.75, 3.05) is 40.3 Å². The van der Waals surface area contributed by atoms with E-state index in [9.17, 15) is 9.90 Å². The molecule has 0 saturated heterocycles. The van der Waals surface area contributed by atoms with Crippen LogP contribution in [0.25, 0.3) is 0 Å². The van der Waals surface area contributed by atoms with Crippen molar-refractivity contribution in [1.82, 2.24) is 9.80 Å². The van der Waals surface area contributed by atoms with Gasteiger partial charge >= 0.3 is 0 Å². The van der Waals surface area contributed by atoms with E-state index in [0.717, 1.165) is 18.5 Å². The van der Waals surface area contributed by atoms with Gasteiger partial charge in [0.15, 0.2) is 0 Å². The third-order valence-corrected chi connectivity index (χ3v) is 5.12. The van der Waals surface area contributed by atoms with Crippen LogP contribution in [0.5, 0.6) is 0 Å². The molecule has 0 spiro atoms. The summed E-state index contributed by atoms with van der Waals surface area (Å²) >= 11 is 0. The molecule has 0 aromatic heterocycles. The quantitative estimate of drug-likeness (QED) is 0.837. The number of aliphatic hydroxyl groups excluding tert-OH is 1. The second-order valence-corrected chi connectivity index (χ2v) is 7.65. The molecule has 1 N–H and O–H groups in total. The summed E-state index contributed by atoms with van der Waals surface area (Å²) in [7, 11) is 4.00. The predicted molar refractivity (Wildman–Crippen MR) is 93.5 cm³/mol. The van der Waals surface area contributed by atoms with Crippen LogP contribution in [0, 0.1) is 12.3 Å². The number of hydrogen-bond donors (Lipinski definition) is 1. The van der Waals surface area contributed by atoms with Crippen molar-refractivity contribution in [1.29, 1.82) is 0 Å². The van der Waals surface area contributed by atoms with Gasteiger partial charge in [-0.2, -0.15) is 0 Å². The normalized spacial score (nSPS) is 22.2. The van der Waals surface area contributed by atoms with E-state index in [1.165, 1.54) is 5.56 Å². The summed E-state index contributed by atoms with van der Waals surface area (Å²) in [6.45, 7) is 8.24. The lowest BCUT2D eigenvalue weighted by atomic mass is 9.86. The van der Waals surface area contributed by atoms with Gasteiger partial charge in [-0.1, -0.05) is 43.7 Å². The van der Waals surface area contributed by atoms with Crippen LogP contribution in [0.15, 0.2) is 24.3 Å². The van der Waals surface area contributed by atoms with Gasteiger partial charge < -0.3 is 14.9 Å². The Morgan fingerprint density at radius 2 is 1.70 bits per heavy atom. The van der Waals surface area contributed by atoms with E-state index in [0.29, 0.717) is 13.1 Å². The largest absolute Gasteiger partial charge is 0.395 e. The summed E-state index contributed by atoms with van der Waals surface area (Å²) in [5.74, 6) is 0.155. The number of aliphatic hydroxyl groups is 1. The first-order chi connectivity index (χ1) is 10.7. The van der Waals surface area contributed by atoms with Gasteiger partial charge in [0.25, 0.3) is 0 Å². The molecule has 0 aliphatic heterocycles. The van der Waals surface area contributed by atoms with E-state index in [2.05, 4.69) is 49.9 Å². The molecule has 4 heteroatoms. The van der Waals surface area contributed by atoms with Gasteiger partial charge in [0, 0.05) is 19.6 Å². The number of benzene rings is 1. The monoisotopic (exact) mass is 318 g/mol. The molecule has 4 nitrogen and oxygen atoms in total. The van der Waals surface area contributed by atoms with Gasteiger partial charge in [-0.25, -0.2) is 0 Å². The summed E-state index contributed by atoms with van der Waals surface area (Å²) in [6, 6.07) is 8.33. The van der Waals surface area contributed by atoms with Gasteiger partial charge in [0.1, 0.15) is 0 Å². The molecule has 0 heterocycles. The highest BCUT2D eigenvalue weighted by atomic mass is 16.3. The Bertz CT molecular complexity index is 551. The molecule has 1 atom stereocenters. The lowest BCUT2D eigenvalue weighted by Gasteiger charge is -2.30. The Hall–Kier alpha value is -1.39. The van der Waals surface area contributed by atoms with Crippen LogP contribution in [-0.4, -0.2) is 61.2 Å². The fourth-order valence-electron chi connectivity index (χ4n) is 3.46. The molecule has 128 valence electrons. The number of likely N-dealkylation sites (N-methyl/N-ethyl adjacent to an activating group) is 1. The molecule has 0 radical (unpaired) electrons. The minimum Gasteiger partial charge on any atom is -0.395 e. The SMILES string of the molecule is Cc1ccc([C@]2(C(=O)N(CCO)CCN(C)C)CC2(C)C)cc1. The molecule has 23 heavy (non-hydrogen) atoms. The van der Waals surface area contributed by atoms with E-state index in [1.807, 2.05) is 19.0 Å². The van der Waals surface area contributed by atoms with Crippen LogP contribution in [0.3, 0.4) is 0 Å². The van der Waals surface area contributed by atoms with Crippen LogP contribution in [-0.2, 0) is 10.2 Å². The molecule has 1 aromatic rings. The summed E-state index contributed by atoms with van der Waals surface area (Å²) in [6.07, 6.45) is 0.867. The minimum atomic E-state index is -0.442. The lowest BCUT2D eigenvalue weighted by molar-refractivity contribution is -0.135. The third-order valence-electron chi connectivity index (χ3n) is 5.12. The summed E-state index contributed by atoms with van der Waals surface area (Å²) in [5.41, 5.74) is 1.83. The van der Waals surface area contributed by atoms with Crippen molar-refractivity contribution >= 4 is 5.91 Å². The molecule has 1 fully saturated rings. The molecule has 2 rings (SSSR count). The fourth-order valence-corrected chi connectivity index (χ4v) is 3.46. The van der Waals surface area contributed by atoms with Crippen LogP contribution in [0.2, 0.25) is 0 Å². The van der Waals surface area contributed by atoms with Crippen LogP contribution < -0.4 is 0 Å². The first kappa shape index (κ1) is 18.0. The van der Waals surface area contributed by atoms with E-state index in [4.69, 9.17) is 0 Å². The molecule has 1 saturated carbocycles. The first-order valence-electron chi connectivity index (χ1n) is 8.37. The van der Waals surface area contributed by atoms with E-state index < -0.39 is 5.41 Å². The summed E-state index contributed by atoms with van der Waals surface area (Å²) in [4.78, 5) is 17.2. The van der Waals surface area contributed by atoms with Gasteiger partial charge in [0.05, 0.1) is 12.0 Å². The standard InChI is InChI=1S/C19H30N2O2/c1-15-6-8-16(9-7-15)19(14-18(19,2)3)17(23)21(12-13-22)11-10-20(4)5/h6-9,22H,10-14H2,1-5H3/t19-/m0/s1. The first-order valence-corrected chi connectivity index (χ1v) is 8.37. The number of nitrogens with zero attached hydrogens (tertiary/aromatic N) is 2. The topological polar surface area (TPSA) is 43.8 Å². The molecule has 1 aliphatic rings. The Morgan fingerprint density at radius 3 is 2.13 bits per heavy atom. The van der Waals surface area contributed by atoms with E-state index in [1.54, 1.807) is 0 Å². The van der Waals surface area contributed by atoms with Crippen molar-refractivity contribution in [3.05, 3.63) is 35.4 Å². The zero-order valence-electron chi connectivity index (χ0n) is 15.1. The van der Waals surface area contributed by atoms with Crippen molar-refractivity contribution in [3.8, 4) is 0 Å². The molecule has 1 aliphatic carbocycles. The molecular weight excluding hydrogens is 288 g/mol. The van der Waals surface area contributed by atoms with Crippen molar-refractivity contribution in [2.24, 2.45) is 5.41 Å². The number of hydrogen-bond acceptors (Lipinski definition) is 3. The predicted octanol–water partition coefficient (Wildman–Crippen LogP) is 2.05. The van der Waals surface area contributed by atoms with Crippen LogP contribution in [0.1, 0.15) is 31.4 Å². The zero-order chi connectivity index (χ0) is 17.3. The molecule has 1 amide bonds. The maximum Gasteiger partial charge on any atom is 0.233 e. The number of rotatable bonds is 7. The molecule has 0 bridgehead atoms. The van der Waals surface area contributed by atoms with Crippen molar-refractivity contribution < 1.29 is 9.90 Å². The third kappa shape index (κ3) is 3.43. The number of carbonyl (C=O) groups excluding carboxylic acids is 1. The van der Waals surface area contributed by atoms with Crippen LogP contribution in [0.4, 0.5) is 0 Å². The fraction of sp³-hybridized carbons (Fsp3) is 0.632. The van der Waals surface area contributed by atoms with Gasteiger partial charge in [0.2, 0.25) is 5.91 Å². The van der Waals surface area contributed by atoms with Crippen molar-refractivity contribution in [2.45, 2.75) is 32.6 Å². The highest BCUT2D eigenvalue weighted by Crippen LogP contribution is 2.65. The van der Waals surface area contributed by atoms with Gasteiger partial charge in [-0.05, 0) is 38.4 Å². The highest BCUT2D eigenvalue weighted by Gasteiger charge is 2.67. The van der Waals surface area contributed by atoms with E-state index in [-0.39, 0.29) is 17.9 Å². The number of aryl methyl sites for hydroxylation is 1. The van der Waals surface area contributed by atoms with Crippen LogP contribution >= 0.6 is 0 Å². The Kier molecular flexibility index (Phi) is 5.17.